The van der Waals surface area contributed by atoms with Crippen LogP contribution >= 0.6 is 0 Å². The molecule has 16 heavy (non-hydrogen) atoms. The Morgan fingerprint density at radius 3 is 3.12 bits per heavy atom. The van der Waals surface area contributed by atoms with Crippen LogP contribution in [-0.4, -0.2) is 56.4 Å². The number of amides is 1. The molecule has 1 heterocycles. The normalized spacial score (nSPS) is 24.8. The second kappa shape index (κ2) is 6.80. The van der Waals surface area contributed by atoms with E-state index in [4.69, 9.17) is 15.3 Å². The number of nitrogens with zero attached hydrogens (tertiary/aromatic N) is 1. The van der Waals surface area contributed by atoms with E-state index in [1.807, 2.05) is 6.92 Å². The summed E-state index contributed by atoms with van der Waals surface area (Å²) < 4.78 is 10.6. The number of ether oxygens (including phenoxy) is 2. The Balaban J connectivity index is 2.63. The molecular weight excluding hydrogens is 210 g/mol. The van der Waals surface area contributed by atoms with Crippen LogP contribution in [0.15, 0.2) is 0 Å². The van der Waals surface area contributed by atoms with E-state index in [-0.39, 0.29) is 18.1 Å². The fourth-order valence-corrected chi connectivity index (χ4v) is 1.91. The van der Waals surface area contributed by atoms with Gasteiger partial charge in [0.1, 0.15) is 6.04 Å². The number of carbonyl (C=O) groups excluding carboxylic acids is 1. The van der Waals surface area contributed by atoms with Crippen molar-refractivity contribution in [1.29, 1.82) is 0 Å². The quantitative estimate of drug-likeness (QED) is 0.372. The Morgan fingerprint density at radius 1 is 1.75 bits per heavy atom. The molecule has 0 bridgehead atoms. The van der Waals surface area contributed by atoms with Gasteiger partial charge in [0.05, 0.1) is 12.7 Å². The van der Waals surface area contributed by atoms with E-state index in [0.29, 0.717) is 6.61 Å². The van der Waals surface area contributed by atoms with Crippen LogP contribution in [-0.2, 0) is 14.3 Å². The summed E-state index contributed by atoms with van der Waals surface area (Å²) in [5.74, 6) is 4.96. The van der Waals surface area contributed by atoms with E-state index in [1.165, 1.54) is 0 Å². The average Bonchev–Trinajstić information content (AvgIpc) is 2.49. The number of hydrogen-bond acceptors (Lipinski definition) is 5. The molecule has 3 N–H and O–H groups in total. The first-order chi connectivity index (χ1) is 7.69. The SMILES string of the molecule is COCC(C(=O)NN)N1CCCOC(C)C1. The number of nitrogens with one attached hydrogen (secondary N) is 1. The van der Waals surface area contributed by atoms with E-state index in [1.54, 1.807) is 7.11 Å². The largest absolute Gasteiger partial charge is 0.383 e. The van der Waals surface area contributed by atoms with Crippen molar-refractivity contribution < 1.29 is 14.3 Å². The molecule has 0 radical (unpaired) electrons. The number of carbonyl (C=O) groups is 1. The Morgan fingerprint density at radius 2 is 2.50 bits per heavy atom. The fourth-order valence-electron chi connectivity index (χ4n) is 1.91. The van der Waals surface area contributed by atoms with Gasteiger partial charge in [-0.1, -0.05) is 0 Å². The van der Waals surface area contributed by atoms with Crippen LogP contribution in [0.5, 0.6) is 0 Å². The lowest BCUT2D eigenvalue weighted by atomic mass is 10.2. The molecule has 0 spiro atoms. The highest BCUT2D eigenvalue weighted by atomic mass is 16.5. The molecule has 0 aromatic carbocycles. The summed E-state index contributed by atoms with van der Waals surface area (Å²) >= 11 is 0. The number of hydrogen-bond donors (Lipinski definition) is 2. The lowest BCUT2D eigenvalue weighted by molar-refractivity contribution is -0.128. The summed E-state index contributed by atoms with van der Waals surface area (Å²) in [6.07, 6.45) is 1.05. The molecule has 2 atom stereocenters. The maximum atomic E-state index is 11.6. The summed E-state index contributed by atoms with van der Waals surface area (Å²) in [5, 5.41) is 0. The van der Waals surface area contributed by atoms with Crippen molar-refractivity contribution in [1.82, 2.24) is 10.3 Å². The summed E-state index contributed by atoms with van der Waals surface area (Å²) in [6, 6.07) is -0.334. The van der Waals surface area contributed by atoms with Gasteiger partial charge in [-0.25, -0.2) is 5.84 Å². The van der Waals surface area contributed by atoms with Crippen molar-refractivity contribution >= 4 is 5.91 Å². The van der Waals surface area contributed by atoms with Crippen molar-refractivity contribution in [3.8, 4) is 0 Å². The highest BCUT2D eigenvalue weighted by Crippen LogP contribution is 2.09. The third kappa shape index (κ3) is 3.71. The summed E-state index contributed by atoms with van der Waals surface area (Å²) in [5.41, 5.74) is 2.18. The number of hydrazine groups is 1. The topological polar surface area (TPSA) is 76.8 Å². The first-order valence-electron chi connectivity index (χ1n) is 5.54. The highest BCUT2D eigenvalue weighted by molar-refractivity contribution is 5.81. The van der Waals surface area contributed by atoms with Crippen molar-refractivity contribution in [3.05, 3.63) is 0 Å². The second-order valence-corrected chi connectivity index (χ2v) is 4.01. The standard InChI is InChI=1S/C10H21N3O3/c1-8-6-13(4-3-5-16-8)9(7-15-2)10(14)12-11/h8-9H,3-7,11H2,1-2H3,(H,12,14). The molecule has 1 fully saturated rings. The zero-order valence-electron chi connectivity index (χ0n) is 9.94. The average molecular weight is 231 g/mol. The number of rotatable bonds is 4. The number of methoxy groups -OCH3 is 1. The first kappa shape index (κ1) is 13.4. The third-order valence-electron chi connectivity index (χ3n) is 2.69. The van der Waals surface area contributed by atoms with E-state index < -0.39 is 0 Å². The van der Waals surface area contributed by atoms with Crippen LogP contribution in [0.3, 0.4) is 0 Å². The van der Waals surface area contributed by atoms with E-state index in [9.17, 15) is 4.79 Å². The molecule has 1 rings (SSSR count). The maximum absolute atomic E-state index is 11.6. The van der Waals surface area contributed by atoms with E-state index in [0.717, 1.165) is 26.1 Å². The molecule has 1 aliphatic heterocycles. The van der Waals surface area contributed by atoms with Gasteiger partial charge >= 0.3 is 0 Å². The fraction of sp³-hybridized carbons (Fsp3) is 0.900. The molecular formula is C10H21N3O3. The van der Waals surface area contributed by atoms with Gasteiger partial charge in [-0.3, -0.25) is 15.1 Å². The molecule has 0 aromatic rings. The molecule has 1 aliphatic rings. The predicted molar refractivity (Wildman–Crippen MR) is 59.6 cm³/mol. The Hall–Kier alpha value is -0.690. The second-order valence-electron chi connectivity index (χ2n) is 4.01. The zero-order valence-corrected chi connectivity index (χ0v) is 9.94. The van der Waals surface area contributed by atoms with Crippen LogP contribution in [0.1, 0.15) is 13.3 Å². The third-order valence-corrected chi connectivity index (χ3v) is 2.69. The first-order valence-corrected chi connectivity index (χ1v) is 5.54. The molecule has 6 nitrogen and oxygen atoms in total. The minimum Gasteiger partial charge on any atom is -0.383 e. The molecule has 94 valence electrons. The van der Waals surface area contributed by atoms with Crippen molar-refractivity contribution in [2.75, 3.05) is 33.4 Å². The summed E-state index contributed by atoms with van der Waals surface area (Å²) in [7, 11) is 1.58. The lowest BCUT2D eigenvalue weighted by Crippen LogP contribution is -2.52. The lowest BCUT2D eigenvalue weighted by Gasteiger charge is -2.29. The summed E-state index contributed by atoms with van der Waals surface area (Å²) in [6.45, 7) is 4.63. The summed E-state index contributed by atoms with van der Waals surface area (Å²) in [4.78, 5) is 13.7. The smallest absolute Gasteiger partial charge is 0.253 e. The van der Waals surface area contributed by atoms with Gasteiger partial charge in [0.15, 0.2) is 0 Å². The molecule has 2 unspecified atom stereocenters. The van der Waals surface area contributed by atoms with Crippen LogP contribution in [0, 0.1) is 0 Å². The highest BCUT2D eigenvalue weighted by Gasteiger charge is 2.27. The Labute approximate surface area is 96.0 Å². The molecule has 0 aromatic heterocycles. The van der Waals surface area contributed by atoms with E-state index >= 15 is 0 Å². The Bertz CT molecular complexity index is 225. The van der Waals surface area contributed by atoms with Crippen molar-refractivity contribution in [2.24, 2.45) is 5.84 Å². The van der Waals surface area contributed by atoms with Gasteiger partial charge in [-0.15, -0.1) is 0 Å². The van der Waals surface area contributed by atoms with Gasteiger partial charge in [0, 0.05) is 26.8 Å². The molecule has 6 heteroatoms. The van der Waals surface area contributed by atoms with Crippen molar-refractivity contribution in [3.63, 3.8) is 0 Å². The Kier molecular flexibility index (Phi) is 5.68. The van der Waals surface area contributed by atoms with Crippen molar-refractivity contribution in [2.45, 2.75) is 25.5 Å². The van der Waals surface area contributed by atoms with E-state index in [2.05, 4.69) is 10.3 Å². The minimum atomic E-state index is -0.334. The maximum Gasteiger partial charge on any atom is 0.253 e. The van der Waals surface area contributed by atoms with Crippen LogP contribution in [0.2, 0.25) is 0 Å². The number of nitrogens with two attached hydrogens (primary N) is 1. The van der Waals surface area contributed by atoms with Crippen LogP contribution in [0.4, 0.5) is 0 Å². The van der Waals surface area contributed by atoms with Gasteiger partial charge in [-0.2, -0.15) is 0 Å². The molecule has 0 aliphatic carbocycles. The monoisotopic (exact) mass is 231 g/mol. The van der Waals surface area contributed by atoms with Gasteiger partial charge in [0.2, 0.25) is 0 Å². The van der Waals surface area contributed by atoms with Gasteiger partial charge < -0.3 is 9.47 Å². The molecule has 0 saturated carbocycles. The van der Waals surface area contributed by atoms with Crippen LogP contribution in [0.25, 0.3) is 0 Å². The van der Waals surface area contributed by atoms with Crippen LogP contribution < -0.4 is 11.3 Å². The zero-order chi connectivity index (χ0) is 12.0. The van der Waals surface area contributed by atoms with Gasteiger partial charge in [-0.05, 0) is 13.3 Å². The molecule has 1 amide bonds. The predicted octanol–water partition coefficient (Wildman–Crippen LogP) is -0.898. The molecule has 1 saturated heterocycles. The van der Waals surface area contributed by atoms with Gasteiger partial charge in [0.25, 0.3) is 5.91 Å². The minimum absolute atomic E-state index is 0.132.